The zero-order valence-corrected chi connectivity index (χ0v) is 54.9. The van der Waals surface area contributed by atoms with Crippen LogP contribution in [0.4, 0.5) is 0 Å². The number of unbranched alkanes of at least 4 members (excludes halogenated alkanes) is 38. The van der Waals surface area contributed by atoms with E-state index in [0.717, 1.165) is 116 Å². The van der Waals surface area contributed by atoms with E-state index in [9.17, 15) is 14.4 Å². The number of carbonyl (C=O) groups excluding carboxylic acids is 3. The smallest absolute Gasteiger partial charge is 0.306 e. The zero-order chi connectivity index (χ0) is 59.9. The number of allylic oxidation sites excluding steroid dienone is 16. The van der Waals surface area contributed by atoms with Crippen LogP contribution in [-0.2, 0) is 28.6 Å². The summed E-state index contributed by atoms with van der Waals surface area (Å²) in [5.41, 5.74) is 0. The van der Waals surface area contributed by atoms with Crippen molar-refractivity contribution in [1.82, 2.24) is 0 Å². The lowest BCUT2D eigenvalue weighted by molar-refractivity contribution is -0.167. The summed E-state index contributed by atoms with van der Waals surface area (Å²) in [5, 5.41) is 0. The molecule has 0 radical (unpaired) electrons. The molecule has 0 saturated carbocycles. The molecular weight excluding hydrogens is 1020 g/mol. The third kappa shape index (κ3) is 69.0. The Labute approximate surface area is 515 Å². The van der Waals surface area contributed by atoms with Gasteiger partial charge in [0.25, 0.3) is 0 Å². The molecule has 0 aliphatic heterocycles. The van der Waals surface area contributed by atoms with Crippen molar-refractivity contribution in [2.75, 3.05) is 13.2 Å². The van der Waals surface area contributed by atoms with Gasteiger partial charge < -0.3 is 14.2 Å². The lowest BCUT2D eigenvalue weighted by Crippen LogP contribution is -2.30. The highest BCUT2D eigenvalue weighted by atomic mass is 16.6. The normalized spacial score (nSPS) is 12.7. The first kappa shape index (κ1) is 79.3. The van der Waals surface area contributed by atoms with Crippen LogP contribution in [0.3, 0.4) is 0 Å². The Morgan fingerprint density at radius 1 is 0.253 bits per heavy atom. The molecule has 478 valence electrons. The van der Waals surface area contributed by atoms with Crippen LogP contribution in [-0.4, -0.2) is 37.2 Å². The van der Waals surface area contributed by atoms with E-state index in [2.05, 4.69) is 118 Å². The summed E-state index contributed by atoms with van der Waals surface area (Å²) in [6.45, 7) is 6.46. The van der Waals surface area contributed by atoms with E-state index in [-0.39, 0.29) is 31.1 Å². The standard InChI is InChI=1S/C77H134O6/c1-4-7-10-13-15-17-19-21-23-25-27-29-31-33-35-36-37-38-39-40-42-43-45-47-49-51-53-55-57-59-61-64-67-70-76(79)82-73-74(72-81-75(78)69-66-63-12-9-6-3)83-77(80)71-68-65-62-60-58-56-54-52-50-48-46-44-41-34-32-30-28-26-24-22-20-18-16-14-11-8-5-2/h8,11,16,18-19,21-22,24-25,27-28,30,34,41,46,48,74H,4-7,9-10,12-15,17,20,23,26,29,31-33,35-40,42-45,47,49-73H2,1-3H3/b11-8-,18-16-,21-19-,24-22-,27-25-,30-28-,41-34-,48-46-. The third-order valence-corrected chi connectivity index (χ3v) is 15.6. The van der Waals surface area contributed by atoms with E-state index in [1.807, 2.05) is 0 Å². The van der Waals surface area contributed by atoms with Crippen LogP contribution in [0.15, 0.2) is 97.2 Å². The van der Waals surface area contributed by atoms with Gasteiger partial charge in [-0.3, -0.25) is 14.4 Å². The summed E-state index contributed by atoms with van der Waals surface area (Å²) >= 11 is 0. The molecule has 0 aromatic heterocycles. The summed E-state index contributed by atoms with van der Waals surface area (Å²) in [5.74, 6) is -0.887. The number of carbonyl (C=O) groups is 3. The summed E-state index contributed by atoms with van der Waals surface area (Å²) in [7, 11) is 0. The molecule has 0 fully saturated rings. The maximum atomic E-state index is 12.9. The van der Waals surface area contributed by atoms with Crippen LogP contribution in [0.25, 0.3) is 0 Å². The van der Waals surface area contributed by atoms with Crippen molar-refractivity contribution in [1.29, 1.82) is 0 Å². The summed E-state index contributed by atoms with van der Waals surface area (Å²) in [4.78, 5) is 38.0. The first-order valence-corrected chi connectivity index (χ1v) is 35.7. The third-order valence-electron chi connectivity index (χ3n) is 15.6. The van der Waals surface area contributed by atoms with Gasteiger partial charge in [-0.15, -0.1) is 0 Å². The minimum atomic E-state index is -0.779. The van der Waals surface area contributed by atoms with Gasteiger partial charge in [-0.25, -0.2) is 0 Å². The van der Waals surface area contributed by atoms with Crippen LogP contribution in [0.5, 0.6) is 0 Å². The molecule has 1 atom stereocenters. The Balaban J connectivity index is 3.97. The van der Waals surface area contributed by atoms with Crippen LogP contribution >= 0.6 is 0 Å². The molecule has 0 spiro atoms. The monoisotopic (exact) mass is 1160 g/mol. The second kappa shape index (κ2) is 70.8. The Morgan fingerprint density at radius 2 is 0.470 bits per heavy atom. The maximum Gasteiger partial charge on any atom is 0.306 e. The lowest BCUT2D eigenvalue weighted by atomic mass is 10.0. The predicted molar refractivity (Wildman–Crippen MR) is 362 cm³/mol. The lowest BCUT2D eigenvalue weighted by Gasteiger charge is -2.18. The number of esters is 3. The molecule has 1 unspecified atom stereocenters. The molecule has 6 nitrogen and oxygen atoms in total. The van der Waals surface area contributed by atoms with Crippen molar-refractivity contribution in [3.63, 3.8) is 0 Å². The molecule has 0 aromatic rings. The van der Waals surface area contributed by atoms with Crippen molar-refractivity contribution >= 4 is 17.9 Å². The molecule has 0 N–H and O–H groups in total. The fourth-order valence-corrected chi connectivity index (χ4v) is 10.2. The molecule has 0 rings (SSSR count). The molecule has 0 saturated heterocycles. The molecule has 0 aromatic carbocycles. The minimum Gasteiger partial charge on any atom is -0.462 e. The van der Waals surface area contributed by atoms with Crippen LogP contribution in [0, 0.1) is 0 Å². The van der Waals surface area contributed by atoms with E-state index < -0.39 is 6.10 Å². The summed E-state index contributed by atoms with van der Waals surface area (Å²) in [6, 6.07) is 0. The number of rotatable bonds is 65. The van der Waals surface area contributed by atoms with Gasteiger partial charge in [-0.05, 0) is 103 Å². The average Bonchev–Trinajstić information content (AvgIpc) is 3.49. The molecule has 0 amide bonds. The van der Waals surface area contributed by atoms with E-state index >= 15 is 0 Å². The molecule has 0 heterocycles. The van der Waals surface area contributed by atoms with Crippen molar-refractivity contribution in [3.8, 4) is 0 Å². The van der Waals surface area contributed by atoms with Crippen LogP contribution in [0.1, 0.15) is 355 Å². The first-order valence-electron chi connectivity index (χ1n) is 35.7. The minimum absolute atomic E-state index is 0.0777. The van der Waals surface area contributed by atoms with Gasteiger partial charge in [0.1, 0.15) is 13.2 Å². The van der Waals surface area contributed by atoms with E-state index in [0.29, 0.717) is 19.3 Å². The topological polar surface area (TPSA) is 78.9 Å². The zero-order valence-electron chi connectivity index (χ0n) is 54.9. The van der Waals surface area contributed by atoms with E-state index in [1.165, 1.54) is 199 Å². The second-order valence-electron chi connectivity index (χ2n) is 23.8. The Morgan fingerprint density at radius 3 is 0.735 bits per heavy atom. The molecule has 83 heavy (non-hydrogen) atoms. The van der Waals surface area contributed by atoms with Crippen molar-refractivity contribution in [3.05, 3.63) is 97.2 Å². The molecule has 0 aliphatic rings. The van der Waals surface area contributed by atoms with Gasteiger partial charge in [0.15, 0.2) is 6.10 Å². The van der Waals surface area contributed by atoms with Gasteiger partial charge in [-0.2, -0.15) is 0 Å². The fourth-order valence-electron chi connectivity index (χ4n) is 10.2. The number of hydrogen-bond donors (Lipinski definition) is 0. The Hall–Kier alpha value is -3.67. The molecule has 6 heteroatoms. The van der Waals surface area contributed by atoms with E-state index in [1.54, 1.807) is 0 Å². The van der Waals surface area contributed by atoms with Gasteiger partial charge in [0, 0.05) is 19.3 Å². The highest BCUT2D eigenvalue weighted by Crippen LogP contribution is 2.18. The van der Waals surface area contributed by atoms with Gasteiger partial charge in [0.05, 0.1) is 0 Å². The number of ether oxygens (including phenoxy) is 3. The molecule has 0 bridgehead atoms. The largest absolute Gasteiger partial charge is 0.462 e. The Bertz CT molecular complexity index is 1610. The average molecular weight is 1160 g/mol. The maximum absolute atomic E-state index is 12.9. The summed E-state index contributed by atoms with van der Waals surface area (Å²) in [6.07, 6.45) is 96.4. The molecular formula is C77H134O6. The van der Waals surface area contributed by atoms with Crippen molar-refractivity contribution < 1.29 is 28.6 Å². The number of hydrogen-bond acceptors (Lipinski definition) is 6. The fraction of sp³-hybridized carbons (Fsp3) is 0.753. The SMILES string of the molecule is CC/C=C\C/C=C\C/C=C\C/C=C\C/C=C\C/C=C\CCCCCCCCCCC(=O)OC(COC(=O)CCCCCCC)COC(=O)CCCCCCCCCCCCCCCCCCCCCCC/C=C\C/C=C\CCCCCCC. The van der Waals surface area contributed by atoms with Gasteiger partial charge in [-0.1, -0.05) is 330 Å². The highest BCUT2D eigenvalue weighted by Gasteiger charge is 2.19. The Kier molecular flexibility index (Phi) is 67.7. The molecule has 0 aliphatic carbocycles. The van der Waals surface area contributed by atoms with Crippen molar-refractivity contribution in [2.45, 2.75) is 361 Å². The van der Waals surface area contributed by atoms with Crippen LogP contribution < -0.4 is 0 Å². The highest BCUT2D eigenvalue weighted by molar-refractivity contribution is 5.71. The van der Waals surface area contributed by atoms with Crippen molar-refractivity contribution in [2.24, 2.45) is 0 Å². The summed E-state index contributed by atoms with van der Waals surface area (Å²) < 4.78 is 16.8. The first-order chi connectivity index (χ1) is 41.0. The van der Waals surface area contributed by atoms with Gasteiger partial charge in [0.2, 0.25) is 0 Å². The van der Waals surface area contributed by atoms with Crippen LogP contribution in [0.2, 0.25) is 0 Å². The predicted octanol–water partition coefficient (Wildman–Crippen LogP) is 24.8. The second-order valence-corrected chi connectivity index (χ2v) is 23.8. The quantitative estimate of drug-likeness (QED) is 0.0261. The van der Waals surface area contributed by atoms with Gasteiger partial charge >= 0.3 is 17.9 Å². The van der Waals surface area contributed by atoms with E-state index in [4.69, 9.17) is 14.2 Å².